The molecule has 1 aliphatic rings. The maximum atomic E-state index is 13.9. The molecule has 2 aromatic heterocycles. The molecule has 3 aromatic rings. The van der Waals surface area contributed by atoms with Crippen molar-refractivity contribution in [2.75, 3.05) is 0 Å². The number of carbonyl (C=O) groups is 1. The average Bonchev–Trinajstić information content (AvgIpc) is 3.06. The lowest BCUT2D eigenvalue weighted by Crippen LogP contribution is -2.41. The van der Waals surface area contributed by atoms with Crippen LogP contribution >= 0.6 is 0 Å². The number of rotatable bonds is 4. The summed E-state index contributed by atoms with van der Waals surface area (Å²) in [5, 5.41) is 15.6. The average molecular weight is 413 g/mol. The fourth-order valence-corrected chi connectivity index (χ4v) is 4.07. The number of hydrogen-bond donors (Lipinski definition) is 3. The van der Waals surface area contributed by atoms with Crippen molar-refractivity contribution in [3.05, 3.63) is 52.3 Å². The SMILES string of the molecule is CC(C)(O)C1CCC(NC(=O)c2cnc(-n3[nH]c(=O)c4c(F)cccc43)nc2)CC1. The minimum absolute atomic E-state index is 0.0449. The number of aromatic amines is 1. The first kappa shape index (κ1) is 20.2. The van der Waals surface area contributed by atoms with Crippen LogP contribution in [0.4, 0.5) is 4.39 Å². The lowest BCUT2D eigenvalue weighted by atomic mass is 9.77. The monoisotopic (exact) mass is 413 g/mol. The van der Waals surface area contributed by atoms with Crippen LogP contribution in [0.3, 0.4) is 0 Å². The molecule has 1 amide bonds. The highest BCUT2D eigenvalue weighted by atomic mass is 19.1. The Kier molecular flexibility index (Phi) is 5.15. The molecule has 2 heterocycles. The maximum Gasteiger partial charge on any atom is 0.275 e. The Morgan fingerprint density at radius 3 is 2.53 bits per heavy atom. The Labute approximate surface area is 172 Å². The summed E-state index contributed by atoms with van der Waals surface area (Å²) in [6.45, 7) is 3.65. The van der Waals surface area contributed by atoms with E-state index in [1.807, 2.05) is 13.8 Å². The van der Waals surface area contributed by atoms with Crippen LogP contribution in [0.1, 0.15) is 49.9 Å². The van der Waals surface area contributed by atoms with Gasteiger partial charge in [0.2, 0.25) is 5.95 Å². The number of benzene rings is 1. The molecule has 0 bridgehead atoms. The van der Waals surface area contributed by atoms with E-state index < -0.39 is 17.0 Å². The first-order valence-electron chi connectivity index (χ1n) is 9.99. The number of nitrogens with one attached hydrogen (secondary N) is 2. The summed E-state index contributed by atoms with van der Waals surface area (Å²) in [5.74, 6) is -0.528. The molecule has 3 N–H and O–H groups in total. The molecule has 158 valence electrons. The fraction of sp³-hybridized carbons (Fsp3) is 0.429. The third-order valence-electron chi connectivity index (χ3n) is 5.83. The van der Waals surface area contributed by atoms with E-state index in [1.165, 1.54) is 29.2 Å². The van der Waals surface area contributed by atoms with Crippen LogP contribution in [0.15, 0.2) is 35.4 Å². The predicted octanol–water partition coefficient (Wildman–Crippen LogP) is 2.31. The van der Waals surface area contributed by atoms with Crippen molar-refractivity contribution in [3.8, 4) is 5.95 Å². The molecule has 1 saturated carbocycles. The predicted molar refractivity (Wildman–Crippen MR) is 109 cm³/mol. The summed E-state index contributed by atoms with van der Waals surface area (Å²) < 4.78 is 15.2. The lowest BCUT2D eigenvalue weighted by molar-refractivity contribution is -0.00257. The van der Waals surface area contributed by atoms with Crippen molar-refractivity contribution in [1.29, 1.82) is 0 Å². The zero-order chi connectivity index (χ0) is 21.5. The van der Waals surface area contributed by atoms with Gasteiger partial charge in [0, 0.05) is 18.4 Å². The Morgan fingerprint density at radius 2 is 1.90 bits per heavy atom. The molecule has 8 nitrogen and oxygen atoms in total. The minimum Gasteiger partial charge on any atom is -0.390 e. The second-order valence-electron chi connectivity index (χ2n) is 8.36. The summed E-state index contributed by atoms with van der Waals surface area (Å²) in [6, 6.07) is 4.34. The van der Waals surface area contributed by atoms with Gasteiger partial charge in [-0.15, -0.1) is 0 Å². The van der Waals surface area contributed by atoms with Gasteiger partial charge in [0.15, 0.2) is 0 Å². The highest BCUT2D eigenvalue weighted by Gasteiger charge is 2.31. The largest absolute Gasteiger partial charge is 0.390 e. The van der Waals surface area contributed by atoms with E-state index in [-0.39, 0.29) is 29.2 Å². The van der Waals surface area contributed by atoms with Crippen LogP contribution in [0, 0.1) is 11.7 Å². The molecular formula is C21H24FN5O3. The molecule has 0 aliphatic heterocycles. The topological polar surface area (TPSA) is 113 Å². The van der Waals surface area contributed by atoms with Gasteiger partial charge in [-0.2, -0.15) is 0 Å². The third kappa shape index (κ3) is 3.85. The standard InChI is InChI=1S/C21H24FN5O3/c1-21(2,30)13-6-8-14(9-7-13)25-18(28)12-10-23-20(24-11-12)27-16-5-3-4-15(22)17(16)19(29)26-27/h3-5,10-11,13-14,30H,6-9H2,1-2H3,(H,25,28)(H,26,29). The number of amides is 1. The normalized spacial score (nSPS) is 19.7. The number of H-pyrrole nitrogens is 1. The van der Waals surface area contributed by atoms with Gasteiger partial charge in [0.25, 0.3) is 11.5 Å². The van der Waals surface area contributed by atoms with E-state index >= 15 is 0 Å². The summed E-state index contributed by atoms with van der Waals surface area (Å²) in [5.41, 5.74) is -0.658. The van der Waals surface area contributed by atoms with Crippen molar-refractivity contribution < 1.29 is 14.3 Å². The highest BCUT2D eigenvalue weighted by molar-refractivity contribution is 5.93. The molecule has 1 aliphatic carbocycles. The number of carbonyl (C=O) groups excluding carboxylic acids is 1. The summed E-state index contributed by atoms with van der Waals surface area (Å²) in [4.78, 5) is 32.9. The van der Waals surface area contributed by atoms with Crippen LogP contribution in [0.5, 0.6) is 0 Å². The number of fused-ring (bicyclic) bond motifs is 1. The molecule has 0 spiro atoms. The molecule has 0 radical (unpaired) electrons. The second-order valence-corrected chi connectivity index (χ2v) is 8.36. The van der Waals surface area contributed by atoms with E-state index in [0.29, 0.717) is 11.1 Å². The second kappa shape index (κ2) is 7.64. The lowest BCUT2D eigenvalue weighted by Gasteiger charge is -2.36. The van der Waals surface area contributed by atoms with Crippen molar-refractivity contribution in [2.24, 2.45) is 5.92 Å². The van der Waals surface area contributed by atoms with E-state index in [0.717, 1.165) is 25.7 Å². The number of hydrogen-bond acceptors (Lipinski definition) is 5. The van der Waals surface area contributed by atoms with Crippen molar-refractivity contribution in [3.63, 3.8) is 0 Å². The molecule has 0 atom stereocenters. The first-order chi connectivity index (χ1) is 14.2. The summed E-state index contributed by atoms with van der Waals surface area (Å²) in [6.07, 6.45) is 6.08. The van der Waals surface area contributed by atoms with Gasteiger partial charge in [-0.25, -0.2) is 19.0 Å². The summed E-state index contributed by atoms with van der Waals surface area (Å²) >= 11 is 0. The third-order valence-corrected chi connectivity index (χ3v) is 5.83. The van der Waals surface area contributed by atoms with E-state index in [4.69, 9.17) is 0 Å². The molecule has 0 saturated heterocycles. The maximum absolute atomic E-state index is 13.9. The minimum atomic E-state index is -0.703. The van der Waals surface area contributed by atoms with Crippen LogP contribution in [0.2, 0.25) is 0 Å². The Balaban J connectivity index is 1.46. The quantitative estimate of drug-likeness (QED) is 0.608. The van der Waals surface area contributed by atoms with Crippen molar-refractivity contribution in [1.82, 2.24) is 25.1 Å². The zero-order valence-electron chi connectivity index (χ0n) is 16.9. The van der Waals surface area contributed by atoms with Gasteiger partial charge < -0.3 is 10.4 Å². The Bertz CT molecular complexity index is 1120. The smallest absolute Gasteiger partial charge is 0.275 e. The highest BCUT2D eigenvalue weighted by Crippen LogP contribution is 2.32. The first-order valence-corrected chi connectivity index (χ1v) is 9.99. The van der Waals surface area contributed by atoms with Gasteiger partial charge in [-0.3, -0.25) is 14.7 Å². The van der Waals surface area contributed by atoms with Crippen LogP contribution in [-0.4, -0.2) is 42.4 Å². The van der Waals surface area contributed by atoms with Crippen LogP contribution in [-0.2, 0) is 0 Å². The van der Waals surface area contributed by atoms with Gasteiger partial charge in [0.05, 0.1) is 16.7 Å². The number of nitrogens with zero attached hydrogens (tertiary/aromatic N) is 3. The van der Waals surface area contributed by atoms with Crippen molar-refractivity contribution >= 4 is 16.8 Å². The molecule has 4 rings (SSSR count). The van der Waals surface area contributed by atoms with Gasteiger partial charge in [-0.1, -0.05) is 6.07 Å². The number of aliphatic hydroxyl groups is 1. The van der Waals surface area contributed by atoms with E-state index in [9.17, 15) is 19.1 Å². The number of aromatic nitrogens is 4. The molecule has 9 heteroatoms. The molecular weight excluding hydrogens is 389 g/mol. The van der Waals surface area contributed by atoms with Gasteiger partial charge in [0.1, 0.15) is 11.2 Å². The Morgan fingerprint density at radius 1 is 1.23 bits per heavy atom. The molecule has 0 unspecified atom stereocenters. The van der Waals surface area contributed by atoms with Gasteiger partial charge in [-0.05, 0) is 57.6 Å². The Hall–Kier alpha value is -3.07. The molecule has 1 fully saturated rings. The van der Waals surface area contributed by atoms with Crippen LogP contribution in [0.25, 0.3) is 16.9 Å². The van der Waals surface area contributed by atoms with Crippen LogP contribution < -0.4 is 10.9 Å². The zero-order valence-corrected chi connectivity index (χ0v) is 16.9. The van der Waals surface area contributed by atoms with Gasteiger partial charge >= 0.3 is 0 Å². The van der Waals surface area contributed by atoms with E-state index in [2.05, 4.69) is 20.4 Å². The molecule has 1 aromatic carbocycles. The number of halogens is 1. The fourth-order valence-electron chi connectivity index (χ4n) is 4.07. The van der Waals surface area contributed by atoms with E-state index in [1.54, 1.807) is 6.07 Å². The van der Waals surface area contributed by atoms with Crippen molar-refractivity contribution in [2.45, 2.75) is 51.2 Å². The molecule has 30 heavy (non-hydrogen) atoms. The summed E-state index contributed by atoms with van der Waals surface area (Å²) in [7, 11) is 0.